The summed E-state index contributed by atoms with van der Waals surface area (Å²) in [7, 11) is 0. The second kappa shape index (κ2) is 10.9. The summed E-state index contributed by atoms with van der Waals surface area (Å²) in [5.74, 6) is 1.04. The first-order valence-electron chi connectivity index (χ1n) is 11.4. The Bertz CT molecular complexity index is 986. The van der Waals surface area contributed by atoms with Gasteiger partial charge in [-0.25, -0.2) is 0 Å². The molecule has 5 nitrogen and oxygen atoms in total. The number of piperidine rings is 1. The molecule has 32 heavy (non-hydrogen) atoms. The number of benzene rings is 2. The number of amides is 1. The average molecular weight is 430 g/mol. The van der Waals surface area contributed by atoms with Crippen LogP contribution in [0.4, 0.5) is 0 Å². The summed E-state index contributed by atoms with van der Waals surface area (Å²) in [5.41, 5.74) is 3.04. The second-order valence-corrected chi connectivity index (χ2v) is 8.34. The van der Waals surface area contributed by atoms with Gasteiger partial charge < -0.3 is 10.1 Å². The summed E-state index contributed by atoms with van der Waals surface area (Å²) in [4.78, 5) is 20.2. The molecule has 1 aliphatic rings. The number of aromatic nitrogens is 1. The minimum Gasteiger partial charge on any atom is -0.492 e. The zero-order chi connectivity index (χ0) is 22.2. The summed E-state index contributed by atoms with van der Waals surface area (Å²) in [6.45, 7) is 5.41. The van der Waals surface area contributed by atoms with Gasteiger partial charge in [-0.05, 0) is 62.2 Å². The number of carbonyl (C=O) groups excluding carboxylic acids is 1. The van der Waals surface area contributed by atoms with Crippen LogP contribution in [0.5, 0.6) is 5.75 Å². The van der Waals surface area contributed by atoms with Gasteiger partial charge in [-0.1, -0.05) is 54.6 Å². The lowest BCUT2D eigenvalue weighted by Crippen LogP contribution is -2.43. The van der Waals surface area contributed by atoms with Crippen molar-refractivity contribution < 1.29 is 9.53 Å². The maximum atomic E-state index is 13.2. The molecule has 1 fully saturated rings. The van der Waals surface area contributed by atoms with Gasteiger partial charge in [-0.2, -0.15) is 0 Å². The molecule has 1 unspecified atom stereocenters. The highest BCUT2D eigenvalue weighted by Crippen LogP contribution is 2.25. The van der Waals surface area contributed by atoms with Gasteiger partial charge in [-0.15, -0.1) is 0 Å². The van der Waals surface area contributed by atoms with Crippen LogP contribution in [-0.4, -0.2) is 42.0 Å². The Hall–Kier alpha value is -3.18. The Morgan fingerprint density at radius 2 is 1.72 bits per heavy atom. The third kappa shape index (κ3) is 5.74. The predicted molar refractivity (Wildman–Crippen MR) is 127 cm³/mol. The SMILES string of the molecule is Cc1cccnc1C(NC(=O)C1CCN(CCOc2ccccc2)CC1)c1ccccc1. The maximum Gasteiger partial charge on any atom is 0.224 e. The molecule has 0 spiro atoms. The molecule has 1 saturated heterocycles. The van der Waals surface area contributed by atoms with Crippen molar-refractivity contribution in [2.24, 2.45) is 5.92 Å². The van der Waals surface area contributed by atoms with Crippen molar-refractivity contribution in [1.29, 1.82) is 0 Å². The standard InChI is InChI=1S/C27H31N3O2/c1-21-9-8-16-28-25(21)26(22-10-4-2-5-11-22)29-27(31)23-14-17-30(18-15-23)19-20-32-24-12-6-3-7-13-24/h2-13,16,23,26H,14-15,17-20H2,1H3,(H,29,31). The quantitative estimate of drug-likeness (QED) is 0.577. The normalized spacial score (nSPS) is 15.8. The number of likely N-dealkylation sites (tertiary alicyclic amines) is 1. The number of carbonyl (C=O) groups is 1. The molecule has 0 aliphatic carbocycles. The molecular weight excluding hydrogens is 398 g/mol. The number of nitrogens with one attached hydrogen (secondary N) is 1. The first-order valence-corrected chi connectivity index (χ1v) is 11.4. The van der Waals surface area contributed by atoms with Crippen molar-refractivity contribution in [2.75, 3.05) is 26.2 Å². The topological polar surface area (TPSA) is 54.5 Å². The van der Waals surface area contributed by atoms with Crippen LogP contribution < -0.4 is 10.1 Å². The minimum absolute atomic E-state index is 0.0246. The number of rotatable bonds is 8. The molecule has 0 saturated carbocycles. The number of ether oxygens (including phenoxy) is 1. The lowest BCUT2D eigenvalue weighted by molar-refractivity contribution is -0.127. The predicted octanol–water partition coefficient (Wildman–Crippen LogP) is 4.39. The van der Waals surface area contributed by atoms with Crippen molar-refractivity contribution in [3.8, 4) is 5.75 Å². The summed E-state index contributed by atoms with van der Waals surface area (Å²) in [6, 6.07) is 23.7. The largest absolute Gasteiger partial charge is 0.492 e. The zero-order valence-electron chi connectivity index (χ0n) is 18.6. The van der Waals surface area contributed by atoms with Gasteiger partial charge in [0.15, 0.2) is 0 Å². The van der Waals surface area contributed by atoms with Crippen LogP contribution in [0, 0.1) is 12.8 Å². The maximum absolute atomic E-state index is 13.2. The van der Waals surface area contributed by atoms with Crippen LogP contribution in [-0.2, 0) is 4.79 Å². The summed E-state index contributed by atoms with van der Waals surface area (Å²) >= 11 is 0. The number of para-hydroxylation sites is 1. The lowest BCUT2D eigenvalue weighted by atomic mass is 9.94. The van der Waals surface area contributed by atoms with Crippen molar-refractivity contribution in [2.45, 2.75) is 25.8 Å². The number of hydrogen-bond donors (Lipinski definition) is 1. The molecule has 2 heterocycles. The number of nitrogens with zero attached hydrogens (tertiary/aromatic N) is 2. The lowest BCUT2D eigenvalue weighted by Gasteiger charge is -2.32. The number of aryl methyl sites for hydroxylation is 1. The first kappa shape index (κ1) is 22.0. The summed E-state index contributed by atoms with van der Waals surface area (Å²) in [6.07, 6.45) is 3.51. The van der Waals surface area contributed by atoms with Crippen molar-refractivity contribution in [3.63, 3.8) is 0 Å². The van der Waals surface area contributed by atoms with Crippen molar-refractivity contribution in [3.05, 3.63) is 95.8 Å². The van der Waals surface area contributed by atoms with E-state index in [0.29, 0.717) is 6.61 Å². The Morgan fingerprint density at radius 3 is 2.41 bits per heavy atom. The van der Waals surface area contributed by atoms with Gasteiger partial charge >= 0.3 is 0 Å². The number of pyridine rings is 1. The Balaban J connectivity index is 1.32. The fourth-order valence-electron chi connectivity index (χ4n) is 4.24. The highest BCUT2D eigenvalue weighted by atomic mass is 16.5. The molecular formula is C27H31N3O2. The van der Waals surface area contributed by atoms with E-state index in [1.54, 1.807) is 6.20 Å². The smallest absolute Gasteiger partial charge is 0.224 e. The molecule has 5 heteroatoms. The molecule has 3 aromatic rings. The zero-order valence-corrected chi connectivity index (χ0v) is 18.6. The van der Waals surface area contributed by atoms with Gasteiger partial charge in [0.25, 0.3) is 0 Å². The van der Waals surface area contributed by atoms with Crippen LogP contribution in [0.1, 0.15) is 35.7 Å². The van der Waals surface area contributed by atoms with Crippen LogP contribution in [0.2, 0.25) is 0 Å². The molecule has 2 aromatic carbocycles. The fourth-order valence-corrected chi connectivity index (χ4v) is 4.24. The van der Waals surface area contributed by atoms with Gasteiger partial charge in [-0.3, -0.25) is 14.7 Å². The number of hydrogen-bond acceptors (Lipinski definition) is 4. The van der Waals surface area contributed by atoms with Gasteiger partial charge in [0.2, 0.25) is 5.91 Å². The van der Waals surface area contributed by atoms with Gasteiger partial charge in [0.05, 0.1) is 11.7 Å². The van der Waals surface area contributed by atoms with Crippen LogP contribution in [0.15, 0.2) is 79.0 Å². The Kier molecular flexibility index (Phi) is 7.51. The van der Waals surface area contributed by atoms with E-state index in [4.69, 9.17) is 4.74 Å². The Morgan fingerprint density at radius 1 is 1.03 bits per heavy atom. The monoisotopic (exact) mass is 429 g/mol. The van der Waals surface area contributed by atoms with E-state index < -0.39 is 0 Å². The molecule has 166 valence electrons. The minimum atomic E-state index is -0.234. The molecule has 4 rings (SSSR count). The first-order chi connectivity index (χ1) is 15.7. The Labute approximate surface area is 190 Å². The molecule has 0 bridgehead atoms. The molecule has 1 amide bonds. The highest BCUT2D eigenvalue weighted by molar-refractivity contribution is 5.79. The van der Waals surface area contributed by atoms with E-state index >= 15 is 0 Å². The van der Waals surface area contributed by atoms with Crippen LogP contribution in [0.25, 0.3) is 0 Å². The molecule has 1 atom stereocenters. The summed E-state index contributed by atoms with van der Waals surface area (Å²) in [5, 5.41) is 3.30. The van der Waals surface area contributed by atoms with E-state index in [1.807, 2.05) is 67.6 Å². The molecule has 1 N–H and O–H groups in total. The van der Waals surface area contributed by atoms with E-state index in [2.05, 4.69) is 27.3 Å². The van der Waals surface area contributed by atoms with Gasteiger partial charge in [0.1, 0.15) is 12.4 Å². The van der Waals surface area contributed by atoms with Crippen LogP contribution in [0.3, 0.4) is 0 Å². The molecule has 1 aliphatic heterocycles. The van der Waals surface area contributed by atoms with Crippen molar-refractivity contribution in [1.82, 2.24) is 15.2 Å². The van der Waals surface area contributed by atoms with E-state index in [0.717, 1.165) is 55.0 Å². The summed E-state index contributed by atoms with van der Waals surface area (Å²) < 4.78 is 5.82. The van der Waals surface area contributed by atoms with Crippen LogP contribution >= 0.6 is 0 Å². The third-order valence-corrected chi connectivity index (χ3v) is 6.12. The highest BCUT2D eigenvalue weighted by Gasteiger charge is 2.28. The van der Waals surface area contributed by atoms with E-state index in [9.17, 15) is 4.79 Å². The molecule has 0 radical (unpaired) electrons. The van der Waals surface area contributed by atoms with E-state index in [-0.39, 0.29) is 17.9 Å². The van der Waals surface area contributed by atoms with Crippen molar-refractivity contribution >= 4 is 5.91 Å². The van der Waals surface area contributed by atoms with Gasteiger partial charge in [0, 0.05) is 18.7 Å². The fraction of sp³-hybridized carbons (Fsp3) is 0.333. The second-order valence-electron chi connectivity index (χ2n) is 8.34. The third-order valence-electron chi connectivity index (χ3n) is 6.12. The molecule has 1 aromatic heterocycles. The van der Waals surface area contributed by atoms with E-state index in [1.165, 1.54) is 0 Å². The average Bonchev–Trinajstić information content (AvgIpc) is 2.85.